The highest BCUT2D eigenvalue weighted by molar-refractivity contribution is 7.99. The van der Waals surface area contributed by atoms with E-state index in [0.717, 1.165) is 23.1 Å². The van der Waals surface area contributed by atoms with Gasteiger partial charge in [-0.05, 0) is 18.2 Å². The average molecular weight is 430 g/mol. The quantitative estimate of drug-likeness (QED) is 0.420. The summed E-state index contributed by atoms with van der Waals surface area (Å²) in [5.41, 5.74) is -0.196. The number of hydrogen-bond acceptors (Lipinski definition) is 6. The molecule has 2 heterocycles. The fourth-order valence-electron chi connectivity index (χ4n) is 2.11. The summed E-state index contributed by atoms with van der Waals surface area (Å²) < 4.78 is 0. The molecule has 26 heavy (non-hydrogen) atoms. The Bertz CT molecular complexity index is 1060. The smallest absolute Gasteiger partial charge is 0.337 e. The predicted octanol–water partition coefficient (Wildman–Crippen LogP) is 3.72. The lowest BCUT2D eigenvalue weighted by Gasteiger charge is -2.06. The average Bonchev–Trinajstić information content (AvgIpc) is 2.96. The van der Waals surface area contributed by atoms with Crippen molar-refractivity contribution >= 4 is 74.1 Å². The Hall–Kier alpha value is -2.07. The monoisotopic (exact) mass is 429 g/mol. The van der Waals surface area contributed by atoms with E-state index in [1.807, 2.05) is 0 Å². The van der Waals surface area contributed by atoms with Gasteiger partial charge in [-0.15, -0.1) is 11.3 Å². The van der Waals surface area contributed by atoms with E-state index in [9.17, 15) is 14.4 Å². The number of H-pyrrole nitrogens is 1. The summed E-state index contributed by atoms with van der Waals surface area (Å²) >= 11 is 13.8. The van der Waals surface area contributed by atoms with Crippen LogP contribution >= 0.6 is 46.3 Å². The number of nitrogens with one attached hydrogen (secondary N) is 2. The molecule has 0 spiro atoms. The lowest BCUT2D eigenvalue weighted by atomic mass is 10.2. The van der Waals surface area contributed by atoms with E-state index in [1.54, 1.807) is 18.2 Å². The van der Waals surface area contributed by atoms with Crippen LogP contribution in [0.1, 0.15) is 10.4 Å². The number of carboxylic acids is 1. The highest BCUT2D eigenvalue weighted by Gasteiger charge is 2.16. The van der Waals surface area contributed by atoms with E-state index >= 15 is 0 Å². The fraction of sp³-hybridized carbons (Fsp3) is 0.0667. The minimum atomic E-state index is -1.19. The van der Waals surface area contributed by atoms with Crippen LogP contribution in [0, 0.1) is 0 Å². The first-order valence-corrected chi connectivity index (χ1v) is 9.59. The zero-order valence-electron chi connectivity index (χ0n) is 12.7. The topological polar surface area (TPSA) is 112 Å². The molecule has 0 saturated carbocycles. The Morgan fingerprint density at radius 2 is 1.96 bits per heavy atom. The zero-order chi connectivity index (χ0) is 18.8. The van der Waals surface area contributed by atoms with Crippen LogP contribution in [-0.2, 0) is 4.79 Å². The van der Waals surface area contributed by atoms with Gasteiger partial charge >= 0.3 is 5.97 Å². The predicted molar refractivity (Wildman–Crippen MR) is 103 cm³/mol. The van der Waals surface area contributed by atoms with Crippen molar-refractivity contribution in [3.8, 4) is 0 Å². The summed E-state index contributed by atoms with van der Waals surface area (Å²) in [5, 5.41) is 14.1. The van der Waals surface area contributed by atoms with Crippen LogP contribution in [0.15, 0.2) is 33.5 Å². The molecule has 1 aromatic carbocycles. The molecule has 0 aliphatic carbocycles. The summed E-state index contributed by atoms with van der Waals surface area (Å²) in [6, 6.07) is 4.66. The van der Waals surface area contributed by atoms with Crippen molar-refractivity contribution in [1.82, 2.24) is 9.97 Å². The summed E-state index contributed by atoms with van der Waals surface area (Å²) in [6.07, 6.45) is 0. The number of anilines is 1. The first-order chi connectivity index (χ1) is 12.3. The fourth-order valence-corrected chi connectivity index (χ4v) is 4.27. The van der Waals surface area contributed by atoms with Crippen molar-refractivity contribution in [2.24, 2.45) is 0 Å². The number of aromatic nitrogens is 2. The number of hydrogen-bond donors (Lipinski definition) is 3. The normalized spacial score (nSPS) is 10.8. The third-order valence-electron chi connectivity index (χ3n) is 3.14. The molecule has 3 N–H and O–H groups in total. The molecule has 0 radical (unpaired) electrons. The minimum Gasteiger partial charge on any atom is -0.478 e. The van der Waals surface area contributed by atoms with Crippen molar-refractivity contribution in [3.05, 3.63) is 49.5 Å². The molecular weight excluding hydrogens is 421 g/mol. The van der Waals surface area contributed by atoms with Crippen LogP contribution in [0.25, 0.3) is 10.2 Å². The number of halogens is 2. The van der Waals surface area contributed by atoms with Gasteiger partial charge in [0.05, 0.1) is 16.7 Å². The van der Waals surface area contributed by atoms with Gasteiger partial charge in [0.2, 0.25) is 5.91 Å². The van der Waals surface area contributed by atoms with Crippen LogP contribution in [0.3, 0.4) is 0 Å². The number of benzene rings is 1. The maximum atomic E-state index is 12.1. The number of thiophene rings is 1. The second kappa shape index (κ2) is 7.67. The van der Waals surface area contributed by atoms with Crippen molar-refractivity contribution in [3.63, 3.8) is 0 Å². The van der Waals surface area contributed by atoms with E-state index in [1.165, 1.54) is 5.38 Å². The Labute approximate surface area is 164 Å². The van der Waals surface area contributed by atoms with Crippen LogP contribution in [0.4, 0.5) is 5.69 Å². The van der Waals surface area contributed by atoms with Gasteiger partial charge in [0.15, 0.2) is 5.16 Å². The van der Waals surface area contributed by atoms with Gasteiger partial charge < -0.3 is 15.4 Å². The van der Waals surface area contributed by atoms with Gasteiger partial charge in [0.1, 0.15) is 4.83 Å². The number of carboxylic acid groups (broad SMARTS) is 1. The Kier molecular flexibility index (Phi) is 5.52. The van der Waals surface area contributed by atoms with Gasteiger partial charge in [-0.25, -0.2) is 9.78 Å². The molecule has 0 atom stereocenters. The van der Waals surface area contributed by atoms with E-state index in [0.29, 0.717) is 20.6 Å². The van der Waals surface area contributed by atoms with Crippen molar-refractivity contribution < 1.29 is 14.7 Å². The third kappa shape index (κ3) is 4.18. The number of aromatic amines is 1. The SMILES string of the molecule is O=C(CSc1nc2scc(C(=O)O)c2c(=O)[nH]1)Nc1cc(Cl)cc(Cl)c1. The zero-order valence-corrected chi connectivity index (χ0v) is 15.9. The first-order valence-electron chi connectivity index (χ1n) is 6.97. The van der Waals surface area contributed by atoms with Gasteiger partial charge in [-0.2, -0.15) is 0 Å². The number of amides is 1. The highest BCUT2D eigenvalue weighted by Crippen LogP contribution is 2.24. The highest BCUT2D eigenvalue weighted by atomic mass is 35.5. The molecule has 3 aromatic rings. The van der Waals surface area contributed by atoms with Crippen LogP contribution < -0.4 is 10.9 Å². The Morgan fingerprint density at radius 3 is 2.62 bits per heavy atom. The molecule has 0 aliphatic heterocycles. The Balaban J connectivity index is 1.72. The van der Waals surface area contributed by atoms with Gasteiger partial charge in [-0.3, -0.25) is 9.59 Å². The van der Waals surface area contributed by atoms with Gasteiger partial charge in [-0.1, -0.05) is 35.0 Å². The number of carbonyl (C=O) groups is 2. The van der Waals surface area contributed by atoms with Gasteiger partial charge in [0.25, 0.3) is 5.56 Å². The van der Waals surface area contributed by atoms with Crippen molar-refractivity contribution in [1.29, 1.82) is 0 Å². The maximum absolute atomic E-state index is 12.1. The minimum absolute atomic E-state index is 0.0181. The first kappa shape index (κ1) is 18.7. The summed E-state index contributed by atoms with van der Waals surface area (Å²) in [7, 11) is 0. The largest absolute Gasteiger partial charge is 0.478 e. The molecule has 2 aromatic heterocycles. The second-order valence-electron chi connectivity index (χ2n) is 5.00. The number of nitrogens with zero attached hydrogens (tertiary/aromatic N) is 1. The Morgan fingerprint density at radius 1 is 1.27 bits per heavy atom. The summed E-state index contributed by atoms with van der Waals surface area (Å²) in [5.74, 6) is -1.55. The second-order valence-corrected chi connectivity index (χ2v) is 7.70. The molecule has 0 fully saturated rings. The van der Waals surface area contributed by atoms with E-state index < -0.39 is 11.5 Å². The molecule has 0 bridgehead atoms. The molecular formula is C15H9Cl2N3O4S2. The van der Waals surface area contributed by atoms with E-state index in [4.69, 9.17) is 28.3 Å². The molecule has 1 amide bonds. The molecule has 7 nitrogen and oxygen atoms in total. The summed E-state index contributed by atoms with van der Waals surface area (Å²) in [6.45, 7) is 0. The molecule has 3 rings (SSSR count). The van der Waals surface area contributed by atoms with Crippen molar-refractivity contribution in [2.75, 3.05) is 11.1 Å². The number of thioether (sulfide) groups is 1. The van der Waals surface area contributed by atoms with Crippen LogP contribution in [-0.4, -0.2) is 32.7 Å². The molecule has 0 aliphatic rings. The molecule has 0 saturated heterocycles. The van der Waals surface area contributed by atoms with E-state index in [2.05, 4.69) is 15.3 Å². The number of rotatable bonds is 5. The maximum Gasteiger partial charge on any atom is 0.337 e. The third-order valence-corrected chi connectivity index (χ3v) is 5.32. The molecule has 11 heteroatoms. The van der Waals surface area contributed by atoms with Gasteiger partial charge in [0, 0.05) is 21.1 Å². The van der Waals surface area contributed by atoms with Crippen LogP contribution in [0.2, 0.25) is 10.0 Å². The molecule has 0 unspecified atom stereocenters. The lowest BCUT2D eigenvalue weighted by molar-refractivity contribution is -0.113. The molecule has 134 valence electrons. The van der Waals surface area contributed by atoms with Crippen molar-refractivity contribution in [2.45, 2.75) is 5.16 Å². The lowest BCUT2D eigenvalue weighted by Crippen LogP contribution is -2.16. The van der Waals surface area contributed by atoms with E-state index in [-0.39, 0.29) is 27.8 Å². The number of fused-ring (bicyclic) bond motifs is 1. The van der Waals surface area contributed by atoms with Crippen LogP contribution in [0.5, 0.6) is 0 Å². The number of aromatic carboxylic acids is 1. The standard InChI is InChI=1S/C15H9Cl2N3O4S2/c16-6-1-7(17)3-8(2-6)18-10(21)5-26-15-19-12(22)11-9(14(23)24)4-25-13(11)20-15/h1-4H,5H2,(H,18,21)(H,23,24)(H,19,20,22). The number of carbonyl (C=O) groups excluding carboxylic acids is 1. The summed E-state index contributed by atoms with van der Waals surface area (Å²) in [4.78, 5) is 42.2.